The van der Waals surface area contributed by atoms with Crippen molar-refractivity contribution in [2.45, 2.75) is 26.8 Å². The lowest BCUT2D eigenvalue weighted by atomic mass is 10.1. The Bertz CT molecular complexity index is 621. The van der Waals surface area contributed by atoms with E-state index in [0.29, 0.717) is 13.1 Å². The first kappa shape index (κ1) is 16.7. The third-order valence-electron chi connectivity index (χ3n) is 3.87. The molecule has 1 amide bonds. The van der Waals surface area contributed by atoms with Gasteiger partial charge in [-0.3, -0.25) is 4.79 Å². The van der Waals surface area contributed by atoms with E-state index >= 15 is 0 Å². The number of quaternary nitrogens is 1. The molecule has 1 unspecified atom stereocenters. The summed E-state index contributed by atoms with van der Waals surface area (Å²) in [6.45, 7) is 6.37. The van der Waals surface area contributed by atoms with Crippen LogP contribution >= 0.6 is 11.3 Å². The van der Waals surface area contributed by atoms with Gasteiger partial charge in [0.2, 0.25) is 0 Å². The predicted molar refractivity (Wildman–Crippen MR) is 92.4 cm³/mol. The van der Waals surface area contributed by atoms with Gasteiger partial charge in [-0.05, 0) is 48.4 Å². The van der Waals surface area contributed by atoms with Gasteiger partial charge in [-0.2, -0.15) is 0 Å². The van der Waals surface area contributed by atoms with Crippen LogP contribution in [0, 0.1) is 13.8 Å². The van der Waals surface area contributed by atoms with Crippen LogP contribution in [0.25, 0.3) is 0 Å². The molecule has 118 valence electrons. The minimum Gasteiger partial charge on any atom is -0.351 e. The molecule has 1 heterocycles. The Hall–Kier alpha value is -1.65. The fourth-order valence-electron chi connectivity index (χ4n) is 2.49. The fraction of sp³-hybridized carbons (Fsp3) is 0.389. The molecule has 0 spiro atoms. The van der Waals surface area contributed by atoms with Crippen molar-refractivity contribution >= 4 is 17.2 Å². The Morgan fingerprint density at radius 3 is 2.64 bits per heavy atom. The second-order valence-corrected chi connectivity index (χ2v) is 6.86. The van der Waals surface area contributed by atoms with Gasteiger partial charge in [0.1, 0.15) is 6.54 Å². The van der Waals surface area contributed by atoms with Gasteiger partial charge < -0.3 is 10.2 Å². The second-order valence-electron chi connectivity index (χ2n) is 5.86. The van der Waals surface area contributed by atoms with Crippen LogP contribution in [0.15, 0.2) is 35.7 Å². The molecule has 0 bridgehead atoms. The average Bonchev–Trinajstić information content (AvgIpc) is 2.86. The molecule has 2 N–H and O–H groups in total. The molecule has 0 saturated carbocycles. The minimum absolute atomic E-state index is 0.125. The Balaban J connectivity index is 1.71. The minimum atomic E-state index is 0.125. The zero-order chi connectivity index (χ0) is 15.9. The topological polar surface area (TPSA) is 33.5 Å². The smallest absolute Gasteiger partial charge is 0.275 e. The van der Waals surface area contributed by atoms with Crippen molar-refractivity contribution in [3.63, 3.8) is 0 Å². The maximum Gasteiger partial charge on any atom is 0.275 e. The van der Waals surface area contributed by atoms with Crippen LogP contribution in [0.1, 0.15) is 21.6 Å². The molecule has 0 aliphatic carbocycles. The number of aryl methyl sites for hydroxylation is 2. The average molecular weight is 317 g/mol. The summed E-state index contributed by atoms with van der Waals surface area (Å²) in [5.41, 5.74) is 3.91. The summed E-state index contributed by atoms with van der Waals surface area (Å²) in [4.78, 5) is 14.6. The summed E-state index contributed by atoms with van der Waals surface area (Å²) in [6.07, 6.45) is 0.890. The van der Waals surface area contributed by atoms with Crippen molar-refractivity contribution in [2.24, 2.45) is 0 Å². The number of likely N-dealkylation sites (N-methyl/N-ethyl adjacent to an activating group) is 1. The lowest BCUT2D eigenvalue weighted by Gasteiger charge is -2.14. The maximum atomic E-state index is 12.0. The highest BCUT2D eigenvalue weighted by molar-refractivity contribution is 7.10. The van der Waals surface area contributed by atoms with E-state index in [4.69, 9.17) is 0 Å². The van der Waals surface area contributed by atoms with Crippen LogP contribution in [0.3, 0.4) is 0 Å². The van der Waals surface area contributed by atoms with E-state index in [1.807, 2.05) is 12.1 Å². The van der Waals surface area contributed by atoms with Crippen molar-refractivity contribution in [2.75, 3.05) is 20.1 Å². The number of thiophene rings is 1. The number of carbonyl (C=O) groups excluding carboxylic acids is 1. The van der Waals surface area contributed by atoms with Crippen molar-refractivity contribution in [3.8, 4) is 0 Å². The Morgan fingerprint density at radius 1 is 1.18 bits per heavy atom. The quantitative estimate of drug-likeness (QED) is 0.801. The molecular weight excluding hydrogens is 292 g/mol. The van der Waals surface area contributed by atoms with E-state index in [0.717, 1.165) is 13.0 Å². The first-order valence-corrected chi connectivity index (χ1v) is 8.59. The van der Waals surface area contributed by atoms with Gasteiger partial charge in [-0.1, -0.05) is 24.3 Å². The van der Waals surface area contributed by atoms with E-state index in [-0.39, 0.29) is 5.91 Å². The van der Waals surface area contributed by atoms with E-state index in [1.165, 1.54) is 26.5 Å². The van der Waals surface area contributed by atoms with Gasteiger partial charge in [0.25, 0.3) is 5.91 Å². The Kier molecular flexibility index (Phi) is 6.16. The van der Waals surface area contributed by atoms with Crippen molar-refractivity contribution in [1.82, 2.24) is 5.32 Å². The molecule has 1 aromatic heterocycles. The van der Waals surface area contributed by atoms with E-state index < -0.39 is 0 Å². The molecule has 2 aromatic rings. The third kappa shape index (κ3) is 4.97. The van der Waals surface area contributed by atoms with Gasteiger partial charge in [0.05, 0.1) is 11.9 Å². The first-order chi connectivity index (χ1) is 10.6. The summed E-state index contributed by atoms with van der Waals surface area (Å²) in [5.74, 6) is 0.125. The van der Waals surface area contributed by atoms with Crippen LogP contribution in [0.5, 0.6) is 0 Å². The van der Waals surface area contributed by atoms with Gasteiger partial charge in [0.15, 0.2) is 6.54 Å². The number of rotatable bonds is 7. The molecule has 0 aliphatic heterocycles. The fourth-order valence-corrected chi connectivity index (χ4v) is 3.51. The maximum absolute atomic E-state index is 12.0. The molecular formula is C18H25N2OS+. The molecule has 0 fully saturated rings. The van der Waals surface area contributed by atoms with Crippen LogP contribution in [0.2, 0.25) is 0 Å². The lowest BCUT2D eigenvalue weighted by molar-refractivity contribution is -0.885. The number of carbonyl (C=O) groups is 1. The Morgan fingerprint density at radius 2 is 1.95 bits per heavy atom. The summed E-state index contributed by atoms with van der Waals surface area (Å²) in [6, 6.07) is 10.5. The first-order valence-electron chi connectivity index (χ1n) is 7.71. The third-order valence-corrected chi connectivity index (χ3v) is 4.89. The highest BCUT2D eigenvalue weighted by atomic mass is 32.1. The standard InChI is InChI=1S/C18H24N2OS/c1-14-6-4-5-7-16(14)8-10-19-18(21)13-20(3)12-17-15(2)9-11-22-17/h4-7,9,11H,8,10,12-13H2,1-3H3,(H,19,21)/p+1. The molecule has 2 rings (SSSR count). The lowest BCUT2D eigenvalue weighted by Crippen LogP contribution is -3.08. The predicted octanol–water partition coefficient (Wildman–Crippen LogP) is 1.74. The highest BCUT2D eigenvalue weighted by Crippen LogP contribution is 2.13. The molecule has 0 radical (unpaired) electrons. The van der Waals surface area contributed by atoms with E-state index in [1.54, 1.807) is 11.3 Å². The summed E-state index contributed by atoms with van der Waals surface area (Å²) in [7, 11) is 2.07. The highest BCUT2D eigenvalue weighted by Gasteiger charge is 2.12. The Labute approximate surface area is 137 Å². The zero-order valence-electron chi connectivity index (χ0n) is 13.6. The molecule has 0 saturated heterocycles. The van der Waals surface area contributed by atoms with Gasteiger partial charge in [-0.15, -0.1) is 11.3 Å². The van der Waals surface area contributed by atoms with E-state index in [2.05, 4.69) is 49.8 Å². The normalized spacial score (nSPS) is 12.1. The molecule has 0 aliphatic rings. The number of hydrogen-bond acceptors (Lipinski definition) is 2. The van der Waals surface area contributed by atoms with Crippen molar-refractivity contribution in [1.29, 1.82) is 0 Å². The number of benzene rings is 1. The van der Waals surface area contributed by atoms with Gasteiger partial charge in [0, 0.05) is 6.54 Å². The van der Waals surface area contributed by atoms with E-state index in [9.17, 15) is 4.79 Å². The molecule has 1 atom stereocenters. The number of amides is 1. The number of nitrogens with one attached hydrogen (secondary N) is 2. The van der Waals surface area contributed by atoms with Crippen LogP contribution in [0.4, 0.5) is 0 Å². The summed E-state index contributed by atoms with van der Waals surface area (Å²) in [5, 5.41) is 5.14. The summed E-state index contributed by atoms with van der Waals surface area (Å²) < 4.78 is 0. The zero-order valence-corrected chi connectivity index (χ0v) is 14.4. The largest absolute Gasteiger partial charge is 0.351 e. The van der Waals surface area contributed by atoms with Crippen LogP contribution < -0.4 is 10.2 Å². The SMILES string of the molecule is Cc1ccccc1CCNC(=O)C[NH+](C)Cc1sccc1C. The molecule has 1 aromatic carbocycles. The molecule has 22 heavy (non-hydrogen) atoms. The monoisotopic (exact) mass is 317 g/mol. The van der Waals surface area contributed by atoms with Gasteiger partial charge >= 0.3 is 0 Å². The second kappa shape index (κ2) is 8.11. The molecule has 3 nitrogen and oxygen atoms in total. The van der Waals surface area contributed by atoms with Crippen LogP contribution in [-0.2, 0) is 17.8 Å². The summed E-state index contributed by atoms with van der Waals surface area (Å²) >= 11 is 1.77. The van der Waals surface area contributed by atoms with Crippen molar-refractivity contribution in [3.05, 3.63) is 57.3 Å². The van der Waals surface area contributed by atoms with Crippen LogP contribution in [-0.4, -0.2) is 26.0 Å². The van der Waals surface area contributed by atoms with Crippen molar-refractivity contribution < 1.29 is 9.69 Å². The molecule has 4 heteroatoms. The van der Waals surface area contributed by atoms with Gasteiger partial charge in [-0.25, -0.2) is 0 Å². The number of hydrogen-bond donors (Lipinski definition) is 2.